The molecule has 1 aliphatic heterocycles. The van der Waals surface area contributed by atoms with Crippen molar-refractivity contribution in [1.29, 1.82) is 0 Å². The highest BCUT2D eigenvalue weighted by molar-refractivity contribution is 5.79. The van der Waals surface area contributed by atoms with Crippen LogP contribution in [0.4, 0.5) is 5.82 Å². The molecule has 0 spiro atoms. The van der Waals surface area contributed by atoms with Gasteiger partial charge >= 0.3 is 5.69 Å². The number of hydrogen-bond donors (Lipinski definition) is 1. The van der Waals surface area contributed by atoms with Crippen LogP contribution in [0.1, 0.15) is 12.6 Å². The van der Waals surface area contributed by atoms with Gasteiger partial charge in [0.1, 0.15) is 12.4 Å². The molecule has 6 nitrogen and oxygen atoms in total. The number of hydrazine groups is 1. The highest BCUT2D eigenvalue weighted by Crippen LogP contribution is 2.12. The Bertz CT molecular complexity index is 466. The number of anilines is 1. The van der Waals surface area contributed by atoms with Gasteiger partial charge in [0.25, 0.3) is 5.91 Å². The summed E-state index contributed by atoms with van der Waals surface area (Å²) in [7, 11) is 0. The number of nitrogens with one attached hydrogen (secondary N) is 1. The Hall–Kier alpha value is -1.85. The highest BCUT2D eigenvalue weighted by atomic mass is 16.2. The van der Waals surface area contributed by atoms with Crippen LogP contribution in [0.15, 0.2) is 10.9 Å². The van der Waals surface area contributed by atoms with E-state index in [9.17, 15) is 9.59 Å². The lowest BCUT2D eigenvalue weighted by Gasteiger charge is -2.29. The third kappa shape index (κ3) is 1.58. The van der Waals surface area contributed by atoms with Gasteiger partial charge in [-0.05, 0) is 13.8 Å². The van der Waals surface area contributed by atoms with Crippen LogP contribution in [0.2, 0.25) is 0 Å². The summed E-state index contributed by atoms with van der Waals surface area (Å²) in [6.45, 7) is 4.24. The van der Waals surface area contributed by atoms with Crippen LogP contribution in [-0.2, 0) is 11.3 Å². The molecule has 0 saturated carbocycles. The van der Waals surface area contributed by atoms with Crippen molar-refractivity contribution in [3.63, 3.8) is 0 Å². The van der Waals surface area contributed by atoms with Gasteiger partial charge in [0.15, 0.2) is 0 Å². The van der Waals surface area contributed by atoms with Crippen LogP contribution in [0.3, 0.4) is 0 Å². The van der Waals surface area contributed by atoms with Crippen molar-refractivity contribution in [2.45, 2.75) is 20.4 Å². The normalized spacial score (nSPS) is 14.8. The molecule has 80 valence electrons. The van der Waals surface area contributed by atoms with E-state index < -0.39 is 0 Å². The Morgan fingerprint density at radius 2 is 2.27 bits per heavy atom. The van der Waals surface area contributed by atoms with Crippen molar-refractivity contribution >= 4 is 11.7 Å². The molecule has 1 N–H and O–H groups in total. The Morgan fingerprint density at radius 1 is 1.53 bits per heavy atom. The van der Waals surface area contributed by atoms with Crippen molar-refractivity contribution in [3.05, 3.63) is 22.2 Å². The van der Waals surface area contributed by atoms with E-state index in [1.54, 1.807) is 13.0 Å². The highest BCUT2D eigenvalue weighted by Gasteiger charge is 2.22. The maximum atomic E-state index is 11.5. The number of rotatable bonds is 1. The molecular weight excluding hydrogens is 196 g/mol. The number of likely N-dealkylation sites (N-methyl/N-ethyl adjacent to an activating group) is 1. The molecule has 0 unspecified atom stereocenters. The predicted molar refractivity (Wildman–Crippen MR) is 54.2 cm³/mol. The maximum Gasteiger partial charge on any atom is 0.349 e. The van der Waals surface area contributed by atoms with Crippen molar-refractivity contribution in [1.82, 2.24) is 14.6 Å². The van der Waals surface area contributed by atoms with E-state index in [4.69, 9.17) is 0 Å². The molecule has 0 aliphatic carbocycles. The maximum absolute atomic E-state index is 11.5. The fourth-order valence-corrected chi connectivity index (χ4v) is 1.54. The number of carbonyl (C=O) groups excluding carboxylic acids is 1. The predicted octanol–water partition coefficient (Wildman–Crippen LogP) is -0.259. The molecule has 2 heterocycles. The molecule has 0 saturated heterocycles. The van der Waals surface area contributed by atoms with Crippen LogP contribution in [0.5, 0.6) is 0 Å². The summed E-state index contributed by atoms with van der Waals surface area (Å²) in [5.41, 5.74) is 3.14. The van der Waals surface area contributed by atoms with Crippen LogP contribution >= 0.6 is 0 Å². The Kier molecular flexibility index (Phi) is 2.18. The number of fused-ring (bicyclic) bond motifs is 1. The van der Waals surface area contributed by atoms with Gasteiger partial charge in [-0.1, -0.05) is 0 Å². The van der Waals surface area contributed by atoms with Crippen molar-refractivity contribution < 1.29 is 4.79 Å². The van der Waals surface area contributed by atoms with Gasteiger partial charge in [0.05, 0.1) is 0 Å². The number of aryl methyl sites for hydroxylation is 1. The SMILES string of the molecule is CCN1Nc2cc(C)nc(=O)n2CC1=O. The number of aromatic nitrogens is 2. The monoisotopic (exact) mass is 208 g/mol. The first-order valence-corrected chi connectivity index (χ1v) is 4.77. The summed E-state index contributed by atoms with van der Waals surface area (Å²) >= 11 is 0. The lowest BCUT2D eigenvalue weighted by molar-refractivity contribution is -0.131. The zero-order valence-corrected chi connectivity index (χ0v) is 8.65. The molecule has 1 aliphatic rings. The Balaban J connectivity index is 2.49. The minimum absolute atomic E-state index is 0.0578. The lowest BCUT2D eigenvalue weighted by atomic mass is 10.4. The summed E-state index contributed by atoms with van der Waals surface area (Å²) in [6, 6.07) is 1.75. The van der Waals surface area contributed by atoms with Gasteiger partial charge in [-0.2, -0.15) is 4.98 Å². The third-order valence-electron chi connectivity index (χ3n) is 2.30. The molecule has 0 atom stereocenters. The average Bonchev–Trinajstić information content (AvgIpc) is 2.18. The molecule has 0 bridgehead atoms. The van der Waals surface area contributed by atoms with Crippen LogP contribution in [-0.4, -0.2) is 27.0 Å². The zero-order chi connectivity index (χ0) is 11.0. The number of amides is 1. The van der Waals surface area contributed by atoms with Crippen molar-refractivity contribution in [2.75, 3.05) is 12.0 Å². The van der Waals surface area contributed by atoms with Gasteiger partial charge in [0.2, 0.25) is 0 Å². The van der Waals surface area contributed by atoms with Crippen molar-refractivity contribution in [3.8, 4) is 0 Å². The number of nitrogens with zero attached hydrogens (tertiary/aromatic N) is 3. The standard InChI is InChI=1S/C9H12N4O2/c1-3-13-8(14)5-12-7(11-13)4-6(2)10-9(12)15/h4,11H,3,5H2,1-2H3. The quantitative estimate of drug-likeness (QED) is 0.690. The fraction of sp³-hybridized carbons (Fsp3) is 0.444. The molecule has 0 fully saturated rings. The molecule has 15 heavy (non-hydrogen) atoms. The molecule has 0 aromatic carbocycles. The van der Waals surface area contributed by atoms with E-state index in [1.807, 2.05) is 6.92 Å². The fourth-order valence-electron chi connectivity index (χ4n) is 1.54. The van der Waals surface area contributed by atoms with E-state index in [1.165, 1.54) is 9.58 Å². The van der Waals surface area contributed by atoms with E-state index in [-0.39, 0.29) is 18.1 Å². The molecule has 1 aromatic heterocycles. The van der Waals surface area contributed by atoms with Gasteiger partial charge < -0.3 is 0 Å². The van der Waals surface area contributed by atoms with Gasteiger partial charge in [-0.15, -0.1) is 0 Å². The van der Waals surface area contributed by atoms with Crippen LogP contribution in [0, 0.1) is 6.92 Å². The Labute approximate surface area is 86.5 Å². The summed E-state index contributed by atoms with van der Waals surface area (Å²) in [4.78, 5) is 26.7. The zero-order valence-electron chi connectivity index (χ0n) is 8.65. The molecule has 1 amide bonds. The van der Waals surface area contributed by atoms with Gasteiger partial charge in [-0.3, -0.25) is 19.8 Å². The summed E-state index contributed by atoms with van der Waals surface area (Å²) in [6.07, 6.45) is 0. The largest absolute Gasteiger partial charge is 0.349 e. The van der Waals surface area contributed by atoms with Crippen LogP contribution in [0.25, 0.3) is 0 Å². The van der Waals surface area contributed by atoms with Crippen LogP contribution < -0.4 is 11.1 Å². The second-order valence-electron chi connectivity index (χ2n) is 3.40. The molecule has 2 rings (SSSR count). The average molecular weight is 208 g/mol. The number of hydrogen-bond acceptors (Lipinski definition) is 4. The second kappa shape index (κ2) is 3.38. The molecule has 6 heteroatoms. The van der Waals surface area contributed by atoms with E-state index in [2.05, 4.69) is 10.4 Å². The van der Waals surface area contributed by atoms with Gasteiger partial charge in [0, 0.05) is 18.3 Å². The minimum Gasteiger partial charge on any atom is -0.280 e. The minimum atomic E-state index is -0.387. The number of carbonyl (C=O) groups is 1. The topological polar surface area (TPSA) is 67.2 Å². The lowest BCUT2D eigenvalue weighted by Crippen LogP contribution is -2.47. The first-order valence-electron chi connectivity index (χ1n) is 4.77. The first kappa shape index (κ1) is 9.70. The summed E-state index contributed by atoms with van der Waals surface area (Å²) < 4.78 is 1.33. The summed E-state index contributed by atoms with van der Waals surface area (Å²) in [5.74, 6) is 0.492. The third-order valence-corrected chi connectivity index (χ3v) is 2.30. The smallest absolute Gasteiger partial charge is 0.280 e. The van der Waals surface area contributed by atoms with E-state index in [0.29, 0.717) is 18.1 Å². The first-order chi connectivity index (χ1) is 7.11. The second-order valence-corrected chi connectivity index (χ2v) is 3.40. The van der Waals surface area contributed by atoms with E-state index >= 15 is 0 Å². The van der Waals surface area contributed by atoms with E-state index in [0.717, 1.165) is 0 Å². The summed E-state index contributed by atoms with van der Waals surface area (Å²) in [5, 5.41) is 1.48. The Morgan fingerprint density at radius 3 is 2.93 bits per heavy atom. The molecule has 1 aromatic rings. The molecular formula is C9H12N4O2. The molecule has 0 radical (unpaired) electrons. The van der Waals surface area contributed by atoms with Gasteiger partial charge in [-0.25, -0.2) is 4.79 Å². The van der Waals surface area contributed by atoms with Crippen molar-refractivity contribution in [2.24, 2.45) is 0 Å².